The number of methoxy groups -OCH3 is 2. The number of Topliss-reactive ketones (excluding diaryl/α,β-unsaturated/α-hetero) is 1. The maximum atomic E-state index is 11.5. The van der Waals surface area contributed by atoms with Crippen LogP contribution in [0, 0.1) is 0 Å². The summed E-state index contributed by atoms with van der Waals surface area (Å²) in [4.78, 5) is 33.4. The molecule has 0 N–H and O–H groups in total. The molecule has 1 fully saturated rings. The van der Waals surface area contributed by atoms with Crippen molar-refractivity contribution in [1.82, 2.24) is 0 Å². The van der Waals surface area contributed by atoms with Crippen molar-refractivity contribution in [3.8, 4) is 0 Å². The highest BCUT2D eigenvalue weighted by molar-refractivity contribution is 5.78. The number of esters is 2. The van der Waals surface area contributed by atoms with Gasteiger partial charge >= 0.3 is 11.9 Å². The normalized spacial score (nSPS) is 15.9. The van der Waals surface area contributed by atoms with E-state index in [1.807, 2.05) is 0 Å². The number of unbranched alkanes of at least 4 members (excludes halogenated alkanes) is 11. The van der Waals surface area contributed by atoms with Gasteiger partial charge in [-0.2, -0.15) is 0 Å². The molecule has 38 heavy (non-hydrogen) atoms. The number of carbonyl (C=O) groups excluding carboxylic acids is 3. The van der Waals surface area contributed by atoms with Crippen molar-refractivity contribution in [1.29, 1.82) is 0 Å². The van der Waals surface area contributed by atoms with Gasteiger partial charge in [0.1, 0.15) is 5.78 Å². The highest BCUT2D eigenvalue weighted by Gasteiger charge is 2.03. The van der Waals surface area contributed by atoms with Crippen LogP contribution in [0.3, 0.4) is 0 Å². The Morgan fingerprint density at radius 2 is 0.684 bits per heavy atom. The van der Waals surface area contributed by atoms with E-state index in [2.05, 4.69) is 9.47 Å². The van der Waals surface area contributed by atoms with Gasteiger partial charge in [-0.25, -0.2) is 0 Å². The molecule has 5 heteroatoms. The Kier molecular flexibility index (Phi) is 29.1. The Morgan fingerprint density at radius 3 is 0.947 bits per heavy atom. The van der Waals surface area contributed by atoms with Crippen molar-refractivity contribution in [3.63, 3.8) is 0 Å². The standard InChI is InChI=1S/C18H34O4.C15H28O/c1-21-17(19)15-13-11-9-7-5-3-4-6-8-10-12-14-16-18(20)22-2;16-15-13-11-9-7-5-3-1-2-4-6-8-10-12-14-15/h3-16H2,1-2H3;1-14H2. The van der Waals surface area contributed by atoms with Crippen LogP contribution in [-0.4, -0.2) is 31.9 Å². The second-order valence-corrected chi connectivity index (χ2v) is 11.2. The van der Waals surface area contributed by atoms with Crippen LogP contribution in [0.5, 0.6) is 0 Å². The molecule has 1 aliphatic rings. The average Bonchev–Trinajstić information content (AvgIpc) is 2.93. The summed E-state index contributed by atoms with van der Waals surface area (Å²) in [7, 11) is 2.89. The first kappa shape index (κ1) is 36.6. The highest BCUT2D eigenvalue weighted by atomic mass is 16.5. The third kappa shape index (κ3) is 29.2. The fourth-order valence-corrected chi connectivity index (χ4v) is 5.05. The van der Waals surface area contributed by atoms with Gasteiger partial charge in [-0.1, -0.05) is 128 Å². The smallest absolute Gasteiger partial charge is 0.305 e. The van der Waals surface area contributed by atoms with Crippen molar-refractivity contribution in [2.75, 3.05) is 14.2 Å². The third-order valence-electron chi connectivity index (χ3n) is 7.63. The van der Waals surface area contributed by atoms with Gasteiger partial charge in [0, 0.05) is 25.7 Å². The minimum Gasteiger partial charge on any atom is -0.469 e. The largest absolute Gasteiger partial charge is 0.469 e. The van der Waals surface area contributed by atoms with Gasteiger partial charge < -0.3 is 9.47 Å². The van der Waals surface area contributed by atoms with E-state index < -0.39 is 0 Å². The SMILES string of the molecule is COC(=O)CCCCCCCCCCCCCCC(=O)OC.O=C1CCCCCCCCCCCCCC1. The van der Waals surface area contributed by atoms with Crippen LogP contribution in [0.2, 0.25) is 0 Å². The monoisotopic (exact) mass is 538 g/mol. The predicted molar refractivity (Wildman–Crippen MR) is 158 cm³/mol. The van der Waals surface area contributed by atoms with Gasteiger partial charge in [0.15, 0.2) is 0 Å². The summed E-state index contributed by atoms with van der Waals surface area (Å²) in [5.41, 5.74) is 0. The molecule has 0 radical (unpaired) electrons. The Balaban J connectivity index is 0.000000755. The topological polar surface area (TPSA) is 69.7 Å². The maximum absolute atomic E-state index is 11.5. The van der Waals surface area contributed by atoms with Gasteiger partial charge in [0.05, 0.1) is 14.2 Å². The lowest BCUT2D eigenvalue weighted by atomic mass is 10.0. The lowest BCUT2D eigenvalue weighted by Gasteiger charge is -2.03. The molecule has 0 aromatic rings. The fourth-order valence-electron chi connectivity index (χ4n) is 5.05. The van der Waals surface area contributed by atoms with Crippen molar-refractivity contribution < 1.29 is 23.9 Å². The number of rotatable bonds is 15. The minimum absolute atomic E-state index is 0.0911. The molecule has 0 unspecified atom stereocenters. The fraction of sp³-hybridized carbons (Fsp3) is 0.909. The highest BCUT2D eigenvalue weighted by Crippen LogP contribution is 2.15. The molecule has 0 aliphatic heterocycles. The zero-order chi connectivity index (χ0) is 27.9. The molecule has 1 saturated carbocycles. The summed E-state index contributed by atoms with van der Waals surface area (Å²) in [6.45, 7) is 0. The number of ether oxygens (including phenoxy) is 2. The van der Waals surface area contributed by atoms with Gasteiger partial charge in [-0.05, 0) is 25.7 Å². The lowest BCUT2D eigenvalue weighted by molar-refractivity contribution is -0.141. The molecule has 0 atom stereocenters. The summed E-state index contributed by atoms with van der Waals surface area (Å²) in [5, 5.41) is 0. The van der Waals surface area contributed by atoms with E-state index in [0.29, 0.717) is 18.6 Å². The van der Waals surface area contributed by atoms with E-state index in [1.54, 1.807) is 0 Å². The van der Waals surface area contributed by atoms with Crippen LogP contribution >= 0.6 is 0 Å². The van der Waals surface area contributed by atoms with Crippen LogP contribution in [0.25, 0.3) is 0 Å². The molecule has 0 spiro atoms. The second kappa shape index (κ2) is 30.2. The van der Waals surface area contributed by atoms with Crippen LogP contribution in [0.1, 0.15) is 180 Å². The molecule has 0 bridgehead atoms. The van der Waals surface area contributed by atoms with Crippen molar-refractivity contribution in [3.05, 3.63) is 0 Å². The summed E-state index contributed by atoms with van der Waals surface area (Å²) < 4.78 is 9.23. The Labute approximate surface area is 235 Å². The van der Waals surface area contributed by atoms with E-state index in [0.717, 1.165) is 51.4 Å². The van der Waals surface area contributed by atoms with Crippen LogP contribution in [0.4, 0.5) is 0 Å². The maximum Gasteiger partial charge on any atom is 0.305 e. The molecule has 5 nitrogen and oxygen atoms in total. The van der Waals surface area contributed by atoms with Crippen molar-refractivity contribution >= 4 is 17.7 Å². The zero-order valence-corrected chi connectivity index (χ0v) is 25.3. The molecular formula is C33H62O5. The molecule has 0 aromatic heterocycles. The Bertz CT molecular complexity index is 500. The molecule has 0 saturated heterocycles. The first-order chi connectivity index (χ1) is 18.6. The van der Waals surface area contributed by atoms with E-state index in [1.165, 1.54) is 130 Å². The van der Waals surface area contributed by atoms with E-state index in [9.17, 15) is 14.4 Å². The Hall–Kier alpha value is -1.39. The van der Waals surface area contributed by atoms with Gasteiger partial charge in [-0.15, -0.1) is 0 Å². The van der Waals surface area contributed by atoms with Crippen LogP contribution in [0.15, 0.2) is 0 Å². The first-order valence-electron chi connectivity index (χ1n) is 16.3. The number of hydrogen-bond donors (Lipinski definition) is 0. The van der Waals surface area contributed by atoms with Crippen LogP contribution in [-0.2, 0) is 23.9 Å². The number of ketones is 1. The average molecular weight is 539 g/mol. The van der Waals surface area contributed by atoms with Crippen molar-refractivity contribution in [2.24, 2.45) is 0 Å². The summed E-state index contributed by atoms with van der Waals surface area (Å²) >= 11 is 0. The second-order valence-electron chi connectivity index (χ2n) is 11.2. The zero-order valence-electron chi connectivity index (χ0n) is 25.3. The molecule has 224 valence electrons. The Morgan fingerprint density at radius 1 is 0.447 bits per heavy atom. The third-order valence-corrected chi connectivity index (χ3v) is 7.63. The molecule has 1 aliphatic carbocycles. The lowest BCUT2D eigenvalue weighted by Crippen LogP contribution is -1.99. The van der Waals surface area contributed by atoms with Gasteiger partial charge in [0.25, 0.3) is 0 Å². The summed E-state index contributed by atoms with van der Waals surface area (Å²) in [5.74, 6) is 0.327. The minimum atomic E-state index is -0.0911. The summed E-state index contributed by atoms with van der Waals surface area (Å²) in [6.07, 6.45) is 33.2. The van der Waals surface area contributed by atoms with E-state index in [4.69, 9.17) is 0 Å². The predicted octanol–water partition coefficient (Wildman–Crippen LogP) is 9.82. The molecule has 1 rings (SSSR count). The van der Waals surface area contributed by atoms with E-state index >= 15 is 0 Å². The van der Waals surface area contributed by atoms with E-state index in [-0.39, 0.29) is 11.9 Å². The molecule has 0 heterocycles. The molecule has 0 aromatic carbocycles. The summed E-state index contributed by atoms with van der Waals surface area (Å²) in [6, 6.07) is 0. The van der Waals surface area contributed by atoms with Gasteiger partial charge in [-0.3, -0.25) is 14.4 Å². The number of hydrogen-bond acceptors (Lipinski definition) is 5. The van der Waals surface area contributed by atoms with Crippen molar-refractivity contribution in [2.45, 2.75) is 180 Å². The van der Waals surface area contributed by atoms with Gasteiger partial charge in [0.2, 0.25) is 0 Å². The van der Waals surface area contributed by atoms with Crippen LogP contribution < -0.4 is 0 Å². The molecular weight excluding hydrogens is 476 g/mol. The molecule has 0 amide bonds. The number of carbonyl (C=O) groups is 3. The quantitative estimate of drug-likeness (QED) is 0.153. The first-order valence-corrected chi connectivity index (χ1v) is 16.3.